The second kappa shape index (κ2) is 12.0. The van der Waals surface area contributed by atoms with E-state index >= 15 is 0 Å². The molecule has 1 aromatic heterocycles. The Morgan fingerprint density at radius 3 is 2.44 bits per heavy atom. The number of halogens is 2. The van der Waals surface area contributed by atoms with Gasteiger partial charge in [0.15, 0.2) is 0 Å². The van der Waals surface area contributed by atoms with Crippen molar-refractivity contribution in [1.82, 2.24) is 10.3 Å². The fraction of sp³-hybridized carbons (Fsp3) is 0.156. The number of anilines is 2. The molecule has 1 aliphatic heterocycles. The quantitative estimate of drug-likeness (QED) is 0.184. The molecule has 4 N–H and O–H groups in total. The number of H-pyrrole nitrogens is 1. The molecule has 3 amide bonds. The molecule has 7 nitrogen and oxygen atoms in total. The van der Waals surface area contributed by atoms with Crippen LogP contribution < -0.4 is 16.0 Å². The average Bonchev–Trinajstić information content (AvgIpc) is 3.38. The Labute approximate surface area is 236 Å². The van der Waals surface area contributed by atoms with Gasteiger partial charge < -0.3 is 20.9 Å². The van der Waals surface area contributed by atoms with Crippen LogP contribution in [0.4, 0.5) is 20.2 Å². The van der Waals surface area contributed by atoms with Crippen LogP contribution in [0.25, 0.3) is 11.6 Å². The molecular weight excluding hydrogens is 526 g/mol. The van der Waals surface area contributed by atoms with Crippen molar-refractivity contribution < 1.29 is 23.2 Å². The molecule has 9 heteroatoms. The lowest BCUT2D eigenvalue weighted by atomic mass is 10.0. The first kappa shape index (κ1) is 28.9. The van der Waals surface area contributed by atoms with Gasteiger partial charge in [-0.1, -0.05) is 24.8 Å². The first-order chi connectivity index (χ1) is 19.5. The van der Waals surface area contributed by atoms with Gasteiger partial charge in [-0.2, -0.15) is 0 Å². The number of amides is 3. The third-order valence-electron chi connectivity index (χ3n) is 6.80. The zero-order chi connectivity index (χ0) is 29.8. The van der Waals surface area contributed by atoms with Gasteiger partial charge in [0.1, 0.15) is 11.6 Å². The predicted molar refractivity (Wildman–Crippen MR) is 157 cm³/mol. The summed E-state index contributed by atoms with van der Waals surface area (Å²) in [5.74, 6) is -2.13. The van der Waals surface area contributed by atoms with Crippen LogP contribution in [-0.4, -0.2) is 22.7 Å². The number of fused-ring (bicyclic) bond motifs is 1. The lowest BCUT2D eigenvalue weighted by molar-refractivity contribution is -0.112. The van der Waals surface area contributed by atoms with Crippen LogP contribution in [0.1, 0.15) is 58.3 Å². The maximum atomic E-state index is 13.3. The molecule has 0 spiro atoms. The molecule has 2 heterocycles. The second-order valence-corrected chi connectivity index (χ2v) is 9.66. The first-order valence-corrected chi connectivity index (χ1v) is 12.9. The number of benzene rings is 2. The van der Waals surface area contributed by atoms with Gasteiger partial charge in [-0.15, -0.1) is 0 Å². The van der Waals surface area contributed by atoms with E-state index in [1.165, 1.54) is 18.2 Å². The number of aromatic nitrogens is 1. The molecule has 0 bridgehead atoms. The van der Waals surface area contributed by atoms with Gasteiger partial charge in [-0.25, -0.2) is 8.78 Å². The van der Waals surface area contributed by atoms with Gasteiger partial charge in [-0.05, 0) is 87.4 Å². The van der Waals surface area contributed by atoms with Crippen LogP contribution in [0.15, 0.2) is 78.7 Å². The largest absolute Gasteiger partial charge is 0.357 e. The summed E-state index contributed by atoms with van der Waals surface area (Å²) in [6.45, 7) is 10.2. The van der Waals surface area contributed by atoms with E-state index in [2.05, 4.69) is 27.5 Å². The lowest BCUT2D eigenvalue weighted by Gasteiger charge is -2.15. The molecule has 0 fully saturated rings. The van der Waals surface area contributed by atoms with E-state index in [0.29, 0.717) is 45.0 Å². The molecule has 41 heavy (non-hydrogen) atoms. The Balaban J connectivity index is 1.59. The van der Waals surface area contributed by atoms with Crippen molar-refractivity contribution in [1.29, 1.82) is 0 Å². The second-order valence-electron chi connectivity index (χ2n) is 9.66. The van der Waals surface area contributed by atoms with Crippen molar-refractivity contribution in [3.05, 3.63) is 118 Å². The number of hydrogen-bond donors (Lipinski definition) is 4. The summed E-state index contributed by atoms with van der Waals surface area (Å²) >= 11 is 0. The van der Waals surface area contributed by atoms with Crippen molar-refractivity contribution >= 4 is 40.7 Å². The van der Waals surface area contributed by atoms with Gasteiger partial charge >= 0.3 is 0 Å². The number of rotatable bonds is 8. The maximum Gasteiger partial charge on any atom is 0.256 e. The van der Waals surface area contributed by atoms with E-state index in [9.17, 15) is 23.2 Å². The molecule has 0 aliphatic carbocycles. The van der Waals surface area contributed by atoms with Crippen LogP contribution in [0.3, 0.4) is 0 Å². The minimum atomic E-state index is -0.668. The number of aryl methyl sites for hydroxylation is 1. The molecule has 210 valence electrons. The van der Waals surface area contributed by atoms with Crippen LogP contribution in [0, 0.1) is 19.7 Å². The van der Waals surface area contributed by atoms with Crippen molar-refractivity contribution in [3.63, 3.8) is 0 Å². The highest BCUT2D eigenvalue weighted by molar-refractivity contribution is 6.35. The summed E-state index contributed by atoms with van der Waals surface area (Å²) in [7, 11) is 0. The molecule has 0 saturated heterocycles. The Kier molecular flexibility index (Phi) is 8.47. The molecule has 1 unspecified atom stereocenters. The monoisotopic (exact) mass is 556 g/mol. The van der Waals surface area contributed by atoms with Crippen LogP contribution in [0.5, 0.6) is 0 Å². The number of hydrogen-bond acceptors (Lipinski definition) is 3. The molecule has 1 aliphatic rings. The number of carbonyl (C=O) groups is 3. The van der Waals surface area contributed by atoms with Crippen LogP contribution in [-0.2, 0) is 9.59 Å². The summed E-state index contributed by atoms with van der Waals surface area (Å²) in [5.41, 5.74) is 5.34. The van der Waals surface area contributed by atoms with E-state index in [-0.39, 0.29) is 29.2 Å². The number of aromatic amines is 1. The summed E-state index contributed by atoms with van der Waals surface area (Å²) in [5, 5.41) is 8.55. The van der Waals surface area contributed by atoms with E-state index < -0.39 is 11.7 Å². The fourth-order valence-corrected chi connectivity index (χ4v) is 4.51. The minimum Gasteiger partial charge on any atom is -0.357 e. The number of nitrogens with one attached hydrogen (secondary N) is 4. The number of allylic oxidation sites excluding steroid dienone is 3. The van der Waals surface area contributed by atoms with E-state index in [0.717, 1.165) is 11.6 Å². The predicted octanol–water partition coefficient (Wildman–Crippen LogP) is 6.68. The average molecular weight is 557 g/mol. The van der Waals surface area contributed by atoms with Gasteiger partial charge in [0, 0.05) is 33.8 Å². The van der Waals surface area contributed by atoms with E-state index in [1.807, 2.05) is 0 Å². The smallest absolute Gasteiger partial charge is 0.256 e. The standard InChI is InChI=1S/C32H30F2N4O3/c1-6-21(8-7-17(2)33)30(39)38-29-18(3)28(35-20(29)5)16-26-25-15-23(11-14-27(25)37-32(26)41)31(40)36-19(4)22-9-12-24(34)13-10-22/h6-16,19,35H,2H2,1,3-5H3,(H,36,40)(H,37,41)(H,38,39)/b8-7-,21-6+,26-16-. The Bertz CT molecular complexity index is 1650. The summed E-state index contributed by atoms with van der Waals surface area (Å²) in [6, 6.07) is 10.5. The zero-order valence-corrected chi connectivity index (χ0v) is 23.1. The van der Waals surface area contributed by atoms with Crippen molar-refractivity contribution in [2.45, 2.75) is 33.7 Å². The highest BCUT2D eigenvalue weighted by atomic mass is 19.1. The first-order valence-electron chi connectivity index (χ1n) is 12.9. The molecule has 1 atom stereocenters. The summed E-state index contributed by atoms with van der Waals surface area (Å²) < 4.78 is 26.3. The van der Waals surface area contributed by atoms with Crippen molar-refractivity contribution in [2.75, 3.05) is 10.6 Å². The lowest BCUT2D eigenvalue weighted by Crippen LogP contribution is -2.26. The van der Waals surface area contributed by atoms with Gasteiger partial charge in [-0.3, -0.25) is 14.4 Å². The molecule has 2 aromatic carbocycles. The van der Waals surface area contributed by atoms with Crippen molar-refractivity contribution in [3.8, 4) is 0 Å². The molecule has 0 saturated carbocycles. The van der Waals surface area contributed by atoms with E-state index in [1.54, 1.807) is 70.2 Å². The fourth-order valence-electron chi connectivity index (χ4n) is 4.51. The van der Waals surface area contributed by atoms with Crippen LogP contribution >= 0.6 is 0 Å². The van der Waals surface area contributed by atoms with Crippen LogP contribution in [0.2, 0.25) is 0 Å². The highest BCUT2D eigenvalue weighted by Crippen LogP contribution is 2.35. The summed E-state index contributed by atoms with van der Waals surface area (Å²) in [6.07, 6.45) is 5.68. The van der Waals surface area contributed by atoms with Gasteiger partial charge in [0.05, 0.1) is 17.3 Å². The third-order valence-corrected chi connectivity index (χ3v) is 6.80. The normalized spacial score (nSPS) is 14.6. The molecule has 4 rings (SSSR count). The minimum absolute atomic E-state index is 0.257. The molecule has 0 radical (unpaired) electrons. The SMILES string of the molecule is C=C(F)/C=C\C(=C/C)C(=O)Nc1c(C)[nH]c(/C=C2\C(=O)Nc3ccc(C(=O)NC(C)c4ccc(F)cc4)cc32)c1C. The number of carbonyl (C=O) groups excluding carboxylic acids is 3. The topological polar surface area (TPSA) is 103 Å². The third kappa shape index (κ3) is 6.41. The van der Waals surface area contributed by atoms with Gasteiger partial charge in [0.25, 0.3) is 17.7 Å². The molecule has 3 aromatic rings. The summed E-state index contributed by atoms with van der Waals surface area (Å²) in [4.78, 5) is 41.9. The van der Waals surface area contributed by atoms with Gasteiger partial charge in [0.2, 0.25) is 0 Å². The maximum absolute atomic E-state index is 13.3. The Hall–Kier alpha value is -5.05. The Morgan fingerprint density at radius 1 is 1.07 bits per heavy atom. The zero-order valence-electron chi connectivity index (χ0n) is 23.1. The Morgan fingerprint density at radius 2 is 1.78 bits per heavy atom. The van der Waals surface area contributed by atoms with E-state index in [4.69, 9.17) is 0 Å². The highest BCUT2D eigenvalue weighted by Gasteiger charge is 2.27. The van der Waals surface area contributed by atoms with Crippen molar-refractivity contribution in [2.24, 2.45) is 0 Å². The molecular formula is C32H30F2N4O3.